The largest absolute Gasteiger partial charge is 0.480 e. The van der Waals surface area contributed by atoms with Gasteiger partial charge in [0.25, 0.3) is 0 Å². The average molecular weight is 290 g/mol. The van der Waals surface area contributed by atoms with E-state index in [1.54, 1.807) is 12.1 Å². The maximum atomic E-state index is 12.8. The standard InChI is InChI=1S/C16H15FO2S/c17-14-8-6-13(7-9-14)11-20-15(16(18)19)10-12-4-2-1-3-5-12/h1-9,15H,10-11H2,(H,18,19). The summed E-state index contributed by atoms with van der Waals surface area (Å²) in [7, 11) is 0. The lowest BCUT2D eigenvalue weighted by Gasteiger charge is -2.12. The number of benzene rings is 2. The van der Waals surface area contributed by atoms with Crippen LogP contribution >= 0.6 is 11.8 Å². The van der Waals surface area contributed by atoms with Crippen molar-refractivity contribution in [3.8, 4) is 0 Å². The highest BCUT2D eigenvalue weighted by molar-refractivity contribution is 7.99. The first-order valence-corrected chi connectivity index (χ1v) is 7.33. The molecule has 0 amide bonds. The van der Waals surface area contributed by atoms with Crippen molar-refractivity contribution in [1.29, 1.82) is 0 Å². The number of thioether (sulfide) groups is 1. The van der Waals surface area contributed by atoms with Gasteiger partial charge in [-0.15, -0.1) is 11.8 Å². The lowest BCUT2D eigenvalue weighted by atomic mass is 10.1. The van der Waals surface area contributed by atoms with Gasteiger partial charge in [0, 0.05) is 5.75 Å². The summed E-state index contributed by atoms with van der Waals surface area (Å²) in [5.41, 5.74) is 1.93. The minimum Gasteiger partial charge on any atom is -0.480 e. The van der Waals surface area contributed by atoms with Gasteiger partial charge in [-0.1, -0.05) is 42.5 Å². The van der Waals surface area contributed by atoms with E-state index in [2.05, 4.69) is 0 Å². The molecule has 0 fully saturated rings. The van der Waals surface area contributed by atoms with Gasteiger partial charge in [0.1, 0.15) is 11.1 Å². The molecule has 0 saturated heterocycles. The molecule has 0 heterocycles. The Morgan fingerprint density at radius 1 is 1.05 bits per heavy atom. The third kappa shape index (κ3) is 4.38. The second-order valence-corrected chi connectivity index (χ2v) is 5.65. The highest BCUT2D eigenvalue weighted by atomic mass is 32.2. The van der Waals surface area contributed by atoms with Crippen LogP contribution in [0.15, 0.2) is 54.6 Å². The van der Waals surface area contributed by atoms with Gasteiger partial charge in [0.05, 0.1) is 0 Å². The Morgan fingerprint density at radius 3 is 2.30 bits per heavy atom. The summed E-state index contributed by atoms with van der Waals surface area (Å²) in [6, 6.07) is 15.7. The summed E-state index contributed by atoms with van der Waals surface area (Å²) in [4.78, 5) is 11.3. The maximum Gasteiger partial charge on any atom is 0.316 e. The molecule has 2 rings (SSSR count). The van der Waals surface area contributed by atoms with E-state index >= 15 is 0 Å². The van der Waals surface area contributed by atoms with Gasteiger partial charge in [0.2, 0.25) is 0 Å². The van der Waals surface area contributed by atoms with Crippen LogP contribution in [0.25, 0.3) is 0 Å². The third-order valence-corrected chi connectivity index (χ3v) is 4.17. The number of aliphatic carboxylic acids is 1. The first kappa shape index (κ1) is 14.6. The number of carbonyl (C=O) groups is 1. The number of hydrogen-bond donors (Lipinski definition) is 1. The molecule has 1 atom stereocenters. The van der Waals surface area contributed by atoms with Crippen molar-refractivity contribution in [3.63, 3.8) is 0 Å². The molecule has 2 aromatic carbocycles. The molecule has 0 aliphatic carbocycles. The van der Waals surface area contributed by atoms with Crippen molar-refractivity contribution in [1.82, 2.24) is 0 Å². The summed E-state index contributed by atoms with van der Waals surface area (Å²) in [5, 5.41) is 8.78. The minimum atomic E-state index is -0.819. The summed E-state index contributed by atoms with van der Waals surface area (Å²) < 4.78 is 12.8. The molecule has 0 radical (unpaired) electrons. The fourth-order valence-electron chi connectivity index (χ4n) is 1.82. The molecule has 1 unspecified atom stereocenters. The lowest BCUT2D eigenvalue weighted by Crippen LogP contribution is -2.19. The number of hydrogen-bond acceptors (Lipinski definition) is 2. The molecule has 2 aromatic rings. The van der Waals surface area contributed by atoms with Crippen molar-refractivity contribution in [2.75, 3.05) is 0 Å². The molecular formula is C16H15FO2S. The van der Waals surface area contributed by atoms with Crippen LogP contribution in [-0.4, -0.2) is 16.3 Å². The predicted molar refractivity (Wildman–Crippen MR) is 79.3 cm³/mol. The Kier molecular flexibility index (Phi) is 5.18. The van der Waals surface area contributed by atoms with E-state index in [4.69, 9.17) is 0 Å². The third-order valence-electron chi connectivity index (χ3n) is 2.90. The van der Waals surface area contributed by atoms with E-state index in [0.717, 1.165) is 11.1 Å². The Balaban J connectivity index is 1.96. The second kappa shape index (κ2) is 7.10. The zero-order chi connectivity index (χ0) is 14.4. The highest BCUT2D eigenvalue weighted by Gasteiger charge is 2.18. The van der Waals surface area contributed by atoms with Crippen LogP contribution < -0.4 is 0 Å². The van der Waals surface area contributed by atoms with Crippen LogP contribution in [0.5, 0.6) is 0 Å². The molecule has 20 heavy (non-hydrogen) atoms. The van der Waals surface area contributed by atoms with E-state index < -0.39 is 11.2 Å². The first-order valence-electron chi connectivity index (χ1n) is 6.28. The Hall–Kier alpha value is -1.81. The van der Waals surface area contributed by atoms with E-state index in [-0.39, 0.29) is 5.82 Å². The SMILES string of the molecule is O=C(O)C(Cc1ccccc1)SCc1ccc(F)cc1. The Labute approximate surface area is 121 Å². The van der Waals surface area contributed by atoms with E-state index in [0.29, 0.717) is 12.2 Å². The van der Waals surface area contributed by atoms with Gasteiger partial charge in [-0.05, 0) is 29.7 Å². The topological polar surface area (TPSA) is 37.3 Å². The van der Waals surface area contributed by atoms with Crippen LogP contribution in [0.1, 0.15) is 11.1 Å². The summed E-state index contributed by atoms with van der Waals surface area (Å²) in [6.45, 7) is 0. The molecule has 0 saturated carbocycles. The Bertz CT molecular complexity index is 554. The van der Waals surface area contributed by atoms with Crippen LogP contribution in [0, 0.1) is 5.82 Å². The van der Waals surface area contributed by atoms with Crippen LogP contribution in [0.2, 0.25) is 0 Å². The molecule has 0 spiro atoms. The molecule has 2 nitrogen and oxygen atoms in total. The van der Waals surface area contributed by atoms with Crippen molar-refractivity contribution in [3.05, 3.63) is 71.5 Å². The van der Waals surface area contributed by atoms with Crippen molar-refractivity contribution in [2.24, 2.45) is 0 Å². The predicted octanol–water partition coefficient (Wildman–Crippen LogP) is 3.75. The van der Waals surface area contributed by atoms with Gasteiger partial charge in [-0.25, -0.2) is 4.39 Å². The highest BCUT2D eigenvalue weighted by Crippen LogP contribution is 2.22. The quantitative estimate of drug-likeness (QED) is 0.880. The zero-order valence-electron chi connectivity index (χ0n) is 10.8. The molecular weight excluding hydrogens is 275 g/mol. The molecule has 1 N–H and O–H groups in total. The van der Waals surface area contributed by atoms with Crippen LogP contribution in [-0.2, 0) is 17.0 Å². The van der Waals surface area contributed by atoms with Gasteiger partial charge < -0.3 is 5.11 Å². The monoisotopic (exact) mass is 290 g/mol. The van der Waals surface area contributed by atoms with E-state index in [1.165, 1.54) is 23.9 Å². The Morgan fingerprint density at radius 2 is 1.70 bits per heavy atom. The van der Waals surface area contributed by atoms with E-state index in [1.807, 2.05) is 30.3 Å². The number of halogens is 1. The van der Waals surface area contributed by atoms with Gasteiger partial charge in [0.15, 0.2) is 0 Å². The molecule has 104 valence electrons. The number of carboxylic acid groups (broad SMARTS) is 1. The number of rotatable bonds is 6. The summed E-state index contributed by atoms with van der Waals surface area (Å²) in [5.74, 6) is -0.539. The van der Waals surface area contributed by atoms with Gasteiger partial charge in [-0.2, -0.15) is 0 Å². The normalized spacial score (nSPS) is 12.1. The van der Waals surface area contributed by atoms with Crippen molar-refractivity contribution >= 4 is 17.7 Å². The molecule has 4 heteroatoms. The summed E-state index contributed by atoms with van der Waals surface area (Å²) in [6.07, 6.45) is 0.488. The number of carboxylic acids is 1. The molecule has 0 aliphatic heterocycles. The van der Waals surface area contributed by atoms with Gasteiger partial charge in [-0.3, -0.25) is 4.79 Å². The lowest BCUT2D eigenvalue weighted by molar-refractivity contribution is -0.136. The van der Waals surface area contributed by atoms with E-state index in [9.17, 15) is 14.3 Å². The zero-order valence-corrected chi connectivity index (χ0v) is 11.6. The fourth-order valence-corrected chi connectivity index (χ4v) is 2.86. The van der Waals surface area contributed by atoms with Gasteiger partial charge >= 0.3 is 5.97 Å². The average Bonchev–Trinajstić information content (AvgIpc) is 2.46. The van der Waals surface area contributed by atoms with Crippen LogP contribution in [0.4, 0.5) is 4.39 Å². The van der Waals surface area contributed by atoms with Crippen molar-refractivity contribution < 1.29 is 14.3 Å². The molecule has 0 bridgehead atoms. The fraction of sp³-hybridized carbons (Fsp3) is 0.188. The summed E-state index contributed by atoms with van der Waals surface area (Å²) >= 11 is 1.36. The molecule has 0 aromatic heterocycles. The maximum absolute atomic E-state index is 12.8. The first-order chi connectivity index (χ1) is 9.65. The minimum absolute atomic E-state index is 0.280. The van der Waals surface area contributed by atoms with Crippen LogP contribution in [0.3, 0.4) is 0 Å². The van der Waals surface area contributed by atoms with Crippen molar-refractivity contribution in [2.45, 2.75) is 17.4 Å². The smallest absolute Gasteiger partial charge is 0.316 e. The molecule has 0 aliphatic rings. The second-order valence-electron chi connectivity index (χ2n) is 4.45.